The smallest absolute Gasteiger partial charge is 0.290 e. The van der Waals surface area contributed by atoms with Crippen molar-refractivity contribution in [2.24, 2.45) is 0 Å². The van der Waals surface area contributed by atoms with Crippen LogP contribution >= 0.6 is 0 Å². The number of carbonyl (C=O) groups is 1. The molecule has 1 amide bonds. The molecule has 0 fully saturated rings. The summed E-state index contributed by atoms with van der Waals surface area (Å²) in [4.78, 5) is 14.6. The predicted octanol–water partition coefficient (Wildman–Crippen LogP) is 4.89. The highest BCUT2D eigenvalue weighted by Gasteiger charge is 2.40. The molecular formula is C24H20FNO3. The number of ether oxygens (including phenoxy) is 1. The first-order valence-electron chi connectivity index (χ1n) is 9.26. The summed E-state index contributed by atoms with van der Waals surface area (Å²) < 4.78 is 18.6. The van der Waals surface area contributed by atoms with Gasteiger partial charge in [0.2, 0.25) is 0 Å². The maximum absolute atomic E-state index is 13.4. The number of hydrogen-bond acceptors (Lipinski definition) is 3. The van der Waals surface area contributed by atoms with Gasteiger partial charge in [0.15, 0.2) is 5.76 Å². The highest BCUT2D eigenvalue weighted by Crippen LogP contribution is 2.43. The van der Waals surface area contributed by atoms with Gasteiger partial charge in [-0.15, -0.1) is 0 Å². The lowest BCUT2D eigenvalue weighted by Crippen LogP contribution is -2.29. The van der Waals surface area contributed by atoms with E-state index in [1.54, 1.807) is 24.1 Å². The number of aliphatic hydroxyl groups is 1. The van der Waals surface area contributed by atoms with E-state index in [1.807, 2.05) is 54.6 Å². The van der Waals surface area contributed by atoms with Gasteiger partial charge in [0.25, 0.3) is 5.91 Å². The van der Waals surface area contributed by atoms with Crippen molar-refractivity contribution < 1.29 is 19.0 Å². The molecule has 1 aliphatic rings. The molecule has 146 valence electrons. The van der Waals surface area contributed by atoms with Gasteiger partial charge >= 0.3 is 0 Å². The lowest BCUT2D eigenvalue weighted by Gasteiger charge is -2.27. The van der Waals surface area contributed by atoms with Gasteiger partial charge in [-0.25, -0.2) is 4.39 Å². The third-order valence-electron chi connectivity index (χ3n) is 5.09. The highest BCUT2D eigenvalue weighted by molar-refractivity contribution is 6.05. The third-order valence-corrected chi connectivity index (χ3v) is 5.09. The Labute approximate surface area is 168 Å². The standard InChI is InChI=1S/C24H20FNO3/c1-29-20-13-7-16(8-14-20)15-26-22(18-5-3-2-4-6-18)21(23(27)24(26)28)17-9-11-19(25)12-10-17/h2-14,22,27H,15H2,1H3. The number of methoxy groups -OCH3 is 1. The van der Waals surface area contributed by atoms with Crippen LogP contribution in [0.5, 0.6) is 5.75 Å². The van der Waals surface area contributed by atoms with Crippen LogP contribution in [0.4, 0.5) is 4.39 Å². The predicted molar refractivity (Wildman–Crippen MR) is 109 cm³/mol. The lowest BCUT2D eigenvalue weighted by atomic mass is 9.93. The number of amides is 1. The largest absolute Gasteiger partial charge is 0.503 e. The summed E-state index contributed by atoms with van der Waals surface area (Å²) in [6.45, 7) is 0.317. The van der Waals surface area contributed by atoms with Gasteiger partial charge in [0.05, 0.1) is 13.2 Å². The first-order chi connectivity index (χ1) is 14.1. The van der Waals surface area contributed by atoms with Gasteiger partial charge in [0.1, 0.15) is 11.6 Å². The van der Waals surface area contributed by atoms with Crippen molar-refractivity contribution in [3.05, 3.63) is 107 Å². The van der Waals surface area contributed by atoms with Crippen molar-refractivity contribution in [1.82, 2.24) is 4.90 Å². The molecule has 4 rings (SSSR count). The Hall–Kier alpha value is -3.60. The van der Waals surface area contributed by atoms with Crippen LogP contribution in [-0.2, 0) is 11.3 Å². The van der Waals surface area contributed by atoms with Gasteiger partial charge < -0.3 is 14.7 Å². The van der Waals surface area contributed by atoms with Crippen LogP contribution in [0.3, 0.4) is 0 Å². The fraction of sp³-hybridized carbons (Fsp3) is 0.125. The van der Waals surface area contributed by atoms with Crippen molar-refractivity contribution in [3.63, 3.8) is 0 Å². The lowest BCUT2D eigenvalue weighted by molar-refractivity contribution is -0.130. The first-order valence-corrected chi connectivity index (χ1v) is 9.26. The van der Waals surface area contributed by atoms with Crippen molar-refractivity contribution in [1.29, 1.82) is 0 Å². The molecule has 5 heteroatoms. The van der Waals surface area contributed by atoms with Crippen LogP contribution in [0, 0.1) is 5.82 Å². The quantitative estimate of drug-likeness (QED) is 0.676. The van der Waals surface area contributed by atoms with Crippen LogP contribution in [0.15, 0.2) is 84.6 Å². The van der Waals surface area contributed by atoms with Crippen molar-refractivity contribution >= 4 is 11.5 Å². The summed E-state index contributed by atoms with van der Waals surface area (Å²) >= 11 is 0. The van der Waals surface area contributed by atoms with Crippen LogP contribution in [-0.4, -0.2) is 23.0 Å². The SMILES string of the molecule is COc1ccc(CN2C(=O)C(O)=C(c3ccc(F)cc3)C2c2ccccc2)cc1. The van der Waals surface area contributed by atoms with E-state index in [1.165, 1.54) is 12.1 Å². The topological polar surface area (TPSA) is 49.8 Å². The maximum atomic E-state index is 13.4. The number of nitrogens with zero attached hydrogens (tertiary/aromatic N) is 1. The highest BCUT2D eigenvalue weighted by atomic mass is 19.1. The average Bonchev–Trinajstić information content (AvgIpc) is 3.00. The van der Waals surface area contributed by atoms with E-state index in [4.69, 9.17) is 4.74 Å². The number of halogens is 1. The summed E-state index contributed by atoms with van der Waals surface area (Å²) in [5.74, 6) is -0.397. The van der Waals surface area contributed by atoms with Crippen molar-refractivity contribution in [2.45, 2.75) is 12.6 Å². The molecule has 1 heterocycles. The van der Waals surface area contributed by atoms with E-state index in [2.05, 4.69) is 0 Å². The Morgan fingerprint density at radius 3 is 2.24 bits per heavy atom. The molecule has 0 aromatic heterocycles. The number of carbonyl (C=O) groups excluding carboxylic acids is 1. The monoisotopic (exact) mass is 389 g/mol. The molecule has 29 heavy (non-hydrogen) atoms. The Balaban J connectivity index is 1.76. The van der Waals surface area contributed by atoms with Crippen LogP contribution in [0.1, 0.15) is 22.7 Å². The van der Waals surface area contributed by atoms with E-state index < -0.39 is 11.9 Å². The molecule has 1 aliphatic heterocycles. The molecule has 1 unspecified atom stereocenters. The second kappa shape index (κ2) is 7.80. The minimum absolute atomic E-state index is 0.307. The van der Waals surface area contributed by atoms with Crippen LogP contribution in [0.2, 0.25) is 0 Å². The summed E-state index contributed by atoms with van der Waals surface area (Å²) in [6, 6.07) is 22.3. The molecule has 1 N–H and O–H groups in total. The van der Waals surface area contributed by atoms with Crippen molar-refractivity contribution in [2.75, 3.05) is 7.11 Å². The number of benzene rings is 3. The van der Waals surface area contributed by atoms with Gasteiger partial charge in [-0.1, -0.05) is 54.6 Å². The van der Waals surface area contributed by atoms with Gasteiger partial charge in [0, 0.05) is 12.1 Å². The zero-order chi connectivity index (χ0) is 20.4. The van der Waals surface area contributed by atoms with E-state index >= 15 is 0 Å². The molecule has 0 spiro atoms. The molecular weight excluding hydrogens is 369 g/mol. The van der Waals surface area contributed by atoms with Crippen molar-refractivity contribution in [3.8, 4) is 5.75 Å². The molecule has 0 saturated heterocycles. The number of rotatable bonds is 5. The summed E-state index contributed by atoms with van der Waals surface area (Å²) in [7, 11) is 1.60. The summed E-state index contributed by atoms with van der Waals surface area (Å²) in [5, 5.41) is 10.7. The summed E-state index contributed by atoms with van der Waals surface area (Å²) in [6.07, 6.45) is 0. The normalized spacial score (nSPS) is 16.4. The minimum atomic E-state index is -0.476. The molecule has 3 aromatic carbocycles. The molecule has 0 bridgehead atoms. The van der Waals surface area contributed by atoms with Gasteiger partial charge in [-0.05, 0) is 41.0 Å². The Bertz CT molecular complexity index is 1040. The van der Waals surface area contributed by atoms with E-state index in [-0.39, 0.29) is 11.6 Å². The van der Waals surface area contributed by atoms with E-state index in [0.29, 0.717) is 17.7 Å². The van der Waals surface area contributed by atoms with E-state index in [9.17, 15) is 14.3 Å². The molecule has 4 nitrogen and oxygen atoms in total. The fourth-order valence-corrected chi connectivity index (χ4v) is 3.65. The molecule has 0 radical (unpaired) electrons. The van der Waals surface area contributed by atoms with Crippen LogP contribution < -0.4 is 4.74 Å². The van der Waals surface area contributed by atoms with Gasteiger partial charge in [-0.2, -0.15) is 0 Å². The zero-order valence-corrected chi connectivity index (χ0v) is 15.9. The Morgan fingerprint density at radius 1 is 0.966 bits per heavy atom. The average molecular weight is 389 g/mol. The maximum Gasteiger partial charge on any atom is 0.290 e. The minimum Gasteiger partial charge on any atom is -0.503 e. The Kier molecular flexibility index (Phi) is 5.04. The zero-order valence-electron chi connectivity index (χ0n) is 15.9. The van der Waals surface area contributed by atoms with Gasteiger partial charge in [-0.3, -0.25) is 4.79 Å². The second-order valence-electron chi connectivity index (χ2n) is 6.86. The molecule has 1 atom stereocenters. The summed E-state index contributed by atoms with van der Waals surface area (Å²) in [5.41, 5.74) is 2.88. The molecule has 0 aliphatic carbocycles. The molecule has 0 saturated carbocycles. The Morgan fingerprint density at radius 2 is 1.62 bits per heavy atom. The third kappa shape index (κ3) is 3.59. The molecule has 3 aromatic rings. The fourth-order valence-electron chi connectivity index (χ4n) is 3.65. The number of aliphatic hydroxyl groups excluding tert-OH is 1. The number of hydrogen-bond donors (Lipinski definition) is 1. The first kappa shape index (κ1) is 18.7. The second-order valence-corrected chi connectivity index (χ2v) is 6.86. The van der Waals surface area contributed by atoms with E-state index in [0.717, 1.165) is 16.9 Å². The van der Waals surface area contributed by atoms with Crippen LogP contribution in [0.25, 0.3) is 5.57 Å².